The lowest BCUT2D eigenvalue weighted by atomic mass is 10.2. The Morgan fingerprint density at radius 3 is 2.21 bits per heavy atom. The Balaban J connectivity index is 1.69. The monoisotopic (exact) mass is 457 g/mol. The minimum atomic E-state index is -4.04. The highest BCUT2D eigenvalue weighted by atomic mass is 35.5. The summed E-state index contributed by atoms with van der Waals surface area (Å²) in [5.74, 6) is -0.288. The van der Waals surface area contributed by atoms with Crippen molar-refractivity contribution in [3.05, 3.63) is 80.9 Å². The highest BCUT2D eigenvalue weighted by Gasteiger charge is 2.22. The summed E-state index contributed by atoms with van der Waals surface area (Å²) >= 11 is 17.7. The second-order valence-electron chi connectivity index (χ2n) is 5.75. The summed E-state index contributed by atoms with van der Waals surface area (Å²) in [5, 5.41) is 3.32. The van der Waals surface area contributed by atoms with Crippen molar-refractivity contribution in [1.82, 2.24) is 10.3 Å². The topological polar surface area (TPSA) is 91.1 Å². The van der Waals surface area contributed by atoms with Crippen LogP contribution in [0.3, 0.4) is 0 Å². The van der Waals surface area contributed by atoms with E-state index in [4.69, 9.17) is 34.8 Å². The Morgan fingerprint density at radius 1 is 0.929 bits per heavy atom. The number of aromatic amines is 1. The van der Waals surface area contributed by atoms with Crippen LogP contribution >= 0.6 is 34.8 Å². The predicted molar refractivity (Wildman–Crippen MR) is 111 cm³/mol. The van der Waals surface area contributed by atoms with E-state index in [1.807, 2.05) is 0 Å². The van der Waals surface area contributed by atoms with Gasteiger partial charge in [-0.1, -0.05) is 53.0 Å². The molecule has 0 fully saturated rings. The van der Waals surface area contributed by atoms with E-state index < -0.39 is 15.9 Å². The number of amides is 1. The normalized spacial score (nSPS) is 11.2. The number of aromatic nitrogens is 1. The summed E-state index contributed by atoms with van der Waals surface area (Å²) in [6, 6.07) is 14.3. The minimum absolute atomic E-state index is 0.00696. The number of benzene rings is 2. The number of sulfonamides is 1. The molecule has 0 spiro atoms. The van der Waals surface area contributed by atoms with Crippen LogP contribution in [0.5, 0.6) is 0 Å². The van der Waals surface area contributed by atoms with Gasteiger partial charge in [-0.3, -0.25) is 9.52 Å². The van der Waals surface area contributed by atoms with Crippen LogP contribution in [0.2, 0.25) is 15.1 Å². The number of H-pyrrole nitrogens is 1. The third-order valence-electron chi connectivity index (χ3n) is 3.73. The fraction of sp³-hybridized carbons (Fsp3) is 0.0556. The largest absolute Gasteiger partial charge is 0.347 e. The first-order chi connectivity index (χ1) is 13.3. The third-order valence-corrected chi connectivity index (χ3v) is 6.30. The number of carbonyl (C=O) groups is 1. The quantitative estimate of drug-likeness (QED) is 0.500. The highest BCUT2D eigenvalue weighted by molar-refractivity contribution is 7.93. The van der Waals surface area contributed by atoms with Gasteiger partial charge in [-0.05, 0) is 42.0 Å². The van der Waals surface area contributed by atoms with Crippen molar-refractivity contribution in [3.8, 4) is 0 Å². The van der Waals surface area contributed by atoms with Crippen LogP contribution in [-0.4, -0.2) is 19.3 Å². The van der Waals surface area contributed by atoms with Gasteiger partial charge in [-0.2, -0.15) is 0 Å². The van der Waals surface area contributed by atoms with Crippen molar-refractivity contribution in [2.45, 2.75) is 11.4 Å². The molecule has 6 nitrogen and oxygen atoms in total. The molecular weight excluding hydrogens is 445 g/mol. The zero-order valence-corrected chi connectivity index (χ0v) is 17.3. The van der Waals surface area contributed by atoms with E-state index in [0.717, 1.165) is 5.56 Å². The highest BCUT2D eigenvalue weighted by Crippen LogP contribution is 2.30. The molecule has 146 valence electrons. The van der Waals surface area contributed by atoms with Crippen molar-refractivity contribution in [1.29, 1.82) is 0 Å². The van der Waals surface area contributed by atoms with Gasteiger partial charge < -0.3 is 10.3 Å². The van der Waals surface area contributed by atoms with Crippen LogP contribution < -0.4 is 10.0 Å². The summed E-state index contributed by atoms with van der Waals surface area (Å²) in [6.45, 7) is 0.297. The number of rotatable bonds is 6. The number of hydrogen-bond donors (Lipinski definition) is 3. The molecule has 0 saturated carbocycles. The first kappa shape index (κ1) is 20.5. The van der Waals surface area contributed by atoms with Gasteiger partial charge in [0.1, 0.15) is 16.4 Å². The molecule has 3 aromatic rings. The maximum atomic E-state index is 12.5. The Labute approximate surface area is 176 Å². The Hall–Kier alpha value is -2.19. The van der Waals surface area contributed by atoms with Crippen LogP contribution in [0.15, 0.2) is 59.5 Å². The summed E-state index contributed by atoms with van der Waals surface area (Å²) < 4.78 is 27.4. The van der Waals surface area contributed by atoms with Gasteiger partial charge in [-0.25, -0.2) is 8.42 Å². The molecule has 0 unspecified atom stereocenters. The van der Waals surface area contributed by atoms with Crippen LogP contribution in [0, 0.1) is 0 Å². The molecule has 1 amide bonds. The number of nitrogens with one attached hydrogen (secondary N) is 3. The molecule has 0 atom stereocenters. The molecule has 0 bridgehead atoms. The average Bonchev–Trinajstić information content (AvgIpc) is 3.08. The molecule has 3 rings (SSSR count). The van der Waals surface area contributed by atoms with Crippen molar-refractivity contribution < 1.29 is 13.2 Å². The zero-order valence-electron chi connectivity index (χ0n) is 14.2. The standard InChI is InChI=1S/C18H14Cl3N3O3S/c19-12-6-4-11(5-7-12)10-22-18(25)15-8-9-16(23-15)24-28(26,27)17-13(20)2-1-3-14(17)21/h1-9,23-24H,10H2,(H,22,25). The second kappa shape index (κ2) is 8.45. The molecule has 0 aliphatic carbocycles. The van der Waals surface area contributed by atoms with Crippen LogP contribution in [0.1, 0.15) is 16.1 Å². The van der Waals surface area contributed by atoms with Gasteiger partial charge in [0.2, 0.25) is 0 Å². The van der Waals surface area contributed by atoms with Gasteiger partial charge >= 0.3 is 0 Å². The molecule has 0 radical (unpaired) electrons. The van der Waals surface area contributed by atoms with E-state index >= 15 is 0 Å². The summed E-state index contributed by atoms with van der Waals surface area (Å²) in [7, 11) is -4.04. The van der Waals surface area contributed by atoms with E-state index in [0.29, 0.717) is 11.6 Å². The Kier molecular flexibility index (Phi) is 6.20. The maximum absolute atomic E-state index is 12.5. The molecule has 0 aliphatic rings. The summed E-state index contributed by atoms with van der Waals surface area (Å²) in [6.07, 6.45) is 0. The number of carbonyl (C=O) groups excluding carboxylic acids is 1. The van der Waals surface area contributed by atoms with Gasteiger partial charge in [0.05, 0.1) is 10.0 Å². The molecule has 1 heterocycles. The average molecular weight is 459 g/mol. The van der Waals surface area contributed by atoms with E-state index in [9.17, 15) is 13.2 Å². The smallest absolute Gasteiger partial charge is 0.268 e. The maximum Gasteiger partial charge on any atom is 0.268 e. The fourth-order valence-corrected chi connectivity index (χ4v) is 4.69. The number of hydrogen-bond acceptors (Lipinski definition) is 3. The van der Waals surface area contributed by atoms with E-state index in [1.54, 1.807) is 30.3 Å². The summed E-state index contributed by atoms with van der Waals surface area (Å²) in [4.78, 5) is 14.7. The molecular formula is C18H14Cl3N3O3S. The van der Waals surface area contributed by atoms with E-state index in [1.165, 1.54) is 24.3 Å². The van der Waals surface area contributed by atoms with Crippen LogP contribution in [0.25, 0.3) is 0 Å². The molecule has 1 aromatic heterocycles. The molecule has 0 saturated heterocycles. The molecule has 28 heavy (non-hydrogen) atoms. The fourth-order valence-electron chi connectivity index (χ4n) is 2.40. The Bertz CT molecular complexity index is 1090. The van der Waals surface area contributed by atoms with Crippen molar-refractivity contribution >= 4 is 56.6 Å². The molecule has 10 heteroatoms. The predicted octanol–water partition coefficient (Wildman–Crippen LogP) is 4.71. The van der Waals surface area contributed by atoms with Gasteiger partial charge in [0, 0.05) is 11.6 Å². The molecule has 2 aromatic carbocycles. The van der Waals surface area contributed by atoms with Crippen molar-refractivity contribution in [2.75, 3.05) is 4.72 Å². The van der Waals surface area contributed by atoms with Crippen LogP contribution in [-0.2, 0) is 16.6 Å². The molecule has 0 aliphatic heterocycles. The minimum Gasteiger partial charge on any atom is -0.347 e. The lowest BCUT2D eigenvalue weighted by molar-refractivity contribution is 0.0946. The van der Waals surface area contributed by atoms with Gasteiger partial charge in [-0.15, -0.1) is 0 Å². The molecule has 3 N–H and O–H groups in total. The van der Waals surface area contributed by atoms with Gasteiger partial charge in [0.15, 0.2) is 0 Å². The number of anilines is 1. The van der Waals surface area contributed by atoms with Crippen LogP contribution in [0.4, 0.5) is 5.82 Å². The lowest BCUT2D eigenvalue weighted by Gasteiger charge is -2.09. The van der Waals surface area contributed by atoms with Gasteiger partial charge in [0.25, 0.3) is 15.9 Å². The third kappa shape index (κ3) is 4.80. The van der Waals surface area contributed by atoms with Crippen molar-refractivity contribution in [3.63, 3.8) is 0 Å². The zero-order chi connectivity index (χ0) is 20.3. The summed E-state index contributed by atoms with van der Waals surface area (Å²) in [5.41, 5.74) is 1.07. The first-order valence-electron chi connectivity index (χ1n) is 7.95. The lowest BCUT2D eigenvalue weighted by Crippen LogP contribution is -2.23. The second-order valence-corrected chi connectivity index (χ2v) is 8.62. The van der Waals surface area contributed by atoms with E-state index in [2.05, 4.69) is 15.0 Å². The number of halogens is 3. The van der Waals surface area contributed by atoms with Crippen molar-refractivity contribution in [2.24, 2.45) is 0 Å². The first-order valence-corrected chi connectivity index (χ1v) is 10.6. The SMILES string of the molecule is O=C(NCc1ccc(Cl)cc1)c1ccc(NS(=O)(=O)c2c(Cl)cccc2Cl)[nH]1. The Morgan fingerprint density at radius 2 is 1.57 bits per heavy atom. The van der Waals surface area contributed by atoms with E-state index in [-0.39, 0.29) is 26.5 Å².